The third-order valence-corrected chi connectivity index (χ3v) is 6.21. The molecule has 6 nitrogen and oxygen atoms in total. The molecule has 2 amide bonds. The van der Waals surface area contributed by atoms with E-state index < -0.39 is 0 Å². The maximum Gasteiger partial charge on any atom is 0.323 e. The molecule has 0 radical (unpaired) electrons. The first kappa shape index (κ1) is 15.6. The Hall–Kier alpha value is -1.89. The second-order valence-corrected chi connectivity index (χ2v) is 7.61. The topological polar surface area (TPSA) is 71.3 Å². The van der Waals surface area contributed by atoms with E-state index >= 15 is 0 Å². The van der Waals surface area contributed by atoms with E-state index in [0.717, 1.165) is 44.5 Å². The molecular weight excluding hydrogens is 324 g/mol. The zero-order chi connectivity index (χ0) is 16.5. The molecule has 0 atom stereocenters. The Labute approximate surface area is 145 Å². The third kappa shape index (κ3) is 3.05. The number of thiazole rings is 1. The van der Waals surface area contributed by atoms with E-state index in [1.807, 2.05) is 23.2 Å². The molecule has 0 unspecified atom stereocenters. The normalized spacial score (nSPS) is 18.0. The van der Waals surface area contributed by atoms with Crippen molar-refractivity contribution in [2.45, 2.75) is 51.4 Å². The number of rotatable bonds is 3. The van der Waals surface area contributed by atoms with Crippen LogP contribution in [0.25, 0.3) is 0 Å². The average Bonchev–Trinajstić information content (AvgIpc) is 3.30. The average molecular weight is 346 g/mol. The zero-order valence-electron chi connectivity index (χ0n) is 13.9. The minimum absolute atomic E-state index is 0.0916. The van der Waals surface area contributed by atoms with Crippen LogP contribution in [0.5, 0.6) is 0 Å². The number of piperidine rings is 1. The Morgan fingerprint density at radius 3 is 2.96 bits per heavy atom. The van der Waals surface area contributed by atoms with Gasteiger partial charge < -0.3 is 9.42 Å². The molecule has 1 saturated heterocycles. The molecule has 2 aromatic heterocycles. The Bertz CT molecular complexity index is 709. The van der Waals surface area contributed by atoms with Crippen LogP contribution in [0.2, 0.25) is 0 Å². The molecule has 0 bridgehead atoms. The Morgan fingerprint density at radius 1 is 1.42 bits per heavy atom. The van der Waals surface area contributed by atoms with E-state index in [1.54, 1.807) is 6.07 Å². The molecule has 0 saturated carbocycles. The maximum atomic E-state index is 12.3. The smallest absolute Gasteiger partial charge is 0.323 e. The van der Waals surface area contributed by atoms with Gasteiger partial charge in [0.25, 0.3) is 0 Å². The third-order valence-electron chi connectivity index (χ3n) is 4.89. The number of carbonyl (C=O) groups excluding carboxylic acids is 1. The maximum absolute atomic E-state index is 12.3. The molecule has 128 valence electrons. The highest BCUT2D eigenvalue weighted by Crippen LogP contribution is 2.35. The number of nitrogens with one attached hydrogen (secondary N) is 1. The highest BCUT2D eigenvalue weighted by molar-refractivity contribution is 7.11. The summed E-state index contributed by atoms with van der Waals surface area (Å²) in [6, 6.07) is 1.69. The van der Waals surface area contributed by atoms with E-state index in [9.17, 15) is 4.79 Å². The summed E-state index contributed by atoms with van der Waals surface area (Å²) < 4.78 is 5.12. The van der Waals surface area contributed by atoms with Gasteiger partial charge in [0.15, 0.2) is 5.82 Å². The SMILES string of the molecule is CCc1cc(NC(=O)N2CCC(c3nc4c(s3)CCC4)CC2)no1. The minimum atomic E-state index is -0.0916. The van der Waals surface area contributed by atoms with Crippen LogP contribution in [0, 0.1) is 0 Å². The number of nitrogens with zero attached hydrogens (tertiary/aromatic N) is 3. The predicted molar refractivity (Wildman–Crippen MR) is 92.6 cm³/mol. The summed E-state index contributed by atoms with van der Waals surface area (Å²) in [5, 5.41) is 7.97. The van der Waals surface area contributed by atoms with E-state index in [0.29, 0.717) is 11.7 Å². The number of amides is 2. The van der Waals surface area contributed by atoms with Crippen molar-refractivity contribution in [3.63, 3.8) is 0 Å². The summed E-state index contributed by atoms with van der Waals surface area (Å²) in [6.45, 7) is 3.52. The molecule has 7 heteroatoms. The molecule has 1 aliphatic carbocycles. The molecule has 0 spiro atoms. The van der Waals surface area contributed by atoms with Gasteiger partial charge in [0.1, 0.15) is 5.76 Å². The monoisotopic (exact) mass is 346 g/mol. The van der Waals surface area contributed by atoms with Crippen LogP contribution in [0.3, 0.4) is 0 Å². The molecule has 1 aliphatic heterocycles. The van der Waals surface area contributed by atoms with Crippen molar-refractivity contribution in [1.29, 1.82) is 0 Å². The van der Waals surface area contributed by atoms with Crippen LogP contribution in [-0.2, 0) is 19.3 Å². The van der Waals surface area contributed by atoms with Gasteiger partial charge in [-0.2, -0.15) is 0 Å². The summed E-state index contributed by atoms with van der Waals surface area (Å²) in [4.78, 5) is 20.5. The Kier molecular flexibility index (Phi) is 4.26. The fourth-order valence-corrected chi connectivity index (χ4v) is 4.76. The van der Waals surface area contributed by atoms with Gasteiger partial charge in [0.2, 0.25) is 0 Å². The molecular formula is C17H22N4O2S. The van der Waals surface area contributed by atoms with Crippen LogP contribution in [0.15, 0.2) is 10.6 Å². The first-order valence-corrected chi connectivity index (χ1v) is 9.54. The number of hydrogen-bond acceptors (Lipinski definition) is 5. The van der Waals surface area contributed by atoms with Crippen molar-refractivity contribution in [2.75, 3.05) is 18.4 Å². The van der Waals surface area contributed by atoms with Crippen LogP contribution in [-0.4, -0.2) is 34.2 Å². The van der Waals surface area contributed by atoms with Gasteiger partial charge in [-0.1, -0.05) is 12.1 Å². The summed E-state index contributed by atoms with van der Waals surface area (Å²) in [6.07, 6.45) is 6.34. The number of carbonyl (C=O) groups is 1. The van der Waals surface area contributed by atoms with Crippen LogP contribution >= 0.6 is 11.3 Å². The second kappa shape index (κ2) is 6.55. The number of urea groups is 1. The quantitative estimate of drug-likeness (QED) is 0.922. The molecule has 1 N–H and O–H groups in total. The lowest BCUT2D eigenvalue weighted by molar-refractivity contribution is 0.194. The molecule has 3 heterocycles. The lowest BCUT2D eigenvalue weighted by atomic mass is 9.98. The summed E-state index contributed by atoms with van der Waals surface area (Å²) >= 11 is 1.89. The first-order chi connectivity index (χ1) is 11.7. The van der Waals surface area contributed by atoms with E-state index in [-0.39, 0.29) is 6.03 Å². The van der Waals surface area contributed by atoms with Crippen LogP contribution in [0.4, 0.5) is 10.6 Å². The highest BCUT2D eigenvalue weighted by Gasteiger charge is 2.28. The van der Waals surface area contributed by atoms with E-state index in [1.165, 1.54) is 28.4 Å². The second-order valence-electron chi connectivity index (χ2n) is 6.50. The lowest BCUT2D eigenvalue weighted by Gasteiger charge is -2.30. The minimum Gasteiger partial charge on any atom is -0.359 e. The molecule has 0 aromatic carbocycles. The van der Waals surface area contributed by atoms with Crippen LogP contribution < -0.4 is 5.32 Å². The van der Waals surface area contributed by atoms with Gasteiger partial charge in [0, 0.05) is 36.4 Å². The van der Waals surface area contributed by atoms with Crippen molar-refractivity contribution in [3.8, 4) is 0 Å². The van der Waals surface area contributed by atoms with Crippen molar-refractivity contribution in [3.05, 3.63) is 27.4 Å². The summed E-state index contributed by atoms with van der Waals surface area (Å²) in [5.74, 6) is 1.78. The molecule has 4 rings (SSSR count). The first-order valence-electron chi connectivity index (χ1n) is 8.73. The fraction of sp³-hybridized carbons (Fsp3) is 0.588. The van der Waals surface area contributed by atoms with Crippen molar-refractivity contribution in [1.82, 2.24) is 15.0 Å². The standard InChI is InChI=1S/C17H22N4O2S/c1-2-12-10-15(20-23-12)19-17(22)21-8-6-11(7-9-21)16-18-13-4-3-5-14(13)24-16/h10-11H,2-9H2,1H3,(H,19,20,22). The molecule has 2 aliphatic rings. The van der Waals surface area contributed by atoms with E-state index in [4.69, 9.17) is 9.51 Å². The number of aromatic nitrogens is 2. The van der Waals surface area contributed by atoms with Gasteiger partial charge in [-0.05, 0) is 32.1 Å². The predicted octanol–water partition coefficient (Wildman–Crippen LogP) is 3.59. The Balaban J connectivity index is 1.32. The molecule has 24 heavy (non-hydrogen) atoms. The molecule has 1 fully saturated rings. The van der Waals surface area contributed by atoms with Gasteiger partial charge in [-0.3, -0.25) is 5.32 Å². The van der Waals surface area contributed by atoms with Gasteiger partial charge >= 0.3 is 6.03 Å². The lowest BCUT2D eigenvalue weighted by Crippen LogP contribution is -2.40. The van der Waals surface area contributed by atoms with Crippen molar-refractivity contribution < 1.29 is 9.32 Å². The molecule has 2 aromatic rings. The zero-order valence-corrected chi connectivity index (χ0v) is 14.7. The number of likely N-dealkylation sites (tertiary alicyclic amines) is 1. The highest BCUT2D eigenvalue weighted by atomic mass is 32.1. The van der Waals surface area contributed by atoms with E-state index in [2.05, 4.69) is 10.5 Å². The largest absolute Gasteiger partial charge is 0.359 e. The summed E-state index contributed by atoms with van der Waals surface area (Å²) in [7, 11) is 0. The van der Waals surface area contributed by atoms with Crippen LogP contribution in [0.1, 0.15) is 53.4 Å². The summed E-state index contributed by atoms with van der Waals surface area (Å²) in [5.41, 5.74) is 1.33. The number of anilines is 1. The number of fused-ring (bicyclic) bond motifs is 1. The fourth-order valence-electron chi connectivity index (χ4n) is 3.44. The van der Waals surface area contributed by atoms with Gasteiger partial charge in [0.05, 0.1) is 10.7 Å². The van der Waals surface area contributed by atoms with Gasteiger partial charge in [-0.15, -0.1) is 11.3 Å². The van der Waals surface area contributed by atoms with Gasteiger partial charge in [-0.25, -0.2) is 9.78 Å². The van der Waals surface area contributed by atoms with Crippen molar-refractivity contribution >= 4 is 23.2 Å². The number of aryl methyl sites for hydroxylation is 3. The van der Waals surface area contributed by atoms with Crippen molar-refractivity contribution in [2.24, 2.45) is 0 Å². The Morgan fingerprint density at radius 2 is 2.25 bits per heavy atom. The number of hydrogen-bond donors (Lipinski definition) is 1.